The van der Waals surface area contributed by atoms with Gasteiger partial charge in [0.25, 0.3) is 0 Å². The Morgan fingerprint density at radius 1 is 1.11 bits per heavy atom. The molecule has 1 aliphatic heterocycles. The van der Waals surface area contributed by atoms with Crippen LogP contribution in [0.15, 0.2) is 36.7 Å². The summed E-state index contributed by atoms with van der Waals surface area (Å²) < 4.78 is 1.69. The lowest BCUT2D eigenvalue weighted by Crippen LogP contribution is -2.54. The second kappa shape index (κ2) is 8.17. The molecular weight excluding hydrogens is 340 g/mol. The molecule has 1 amide bonds. The van der Waals surface area contributed by atoms with Crippen molar-refractivity contribution in [2.45, 2.75) is 63.1 Å². The van der Waals surface area contributed by atoms with E-state index in [1.165, 1.54) is 12.0 Å². The molecule has 2 fully saturated rings. The fourth-order valence-corrected chi connectivity index (χ4v) is 4.45. The average Bonchev–Trinajstić information content (AvgIpc) is 3.26. The Labute approximate surface area is 160 Å². The average molecular weight is 368 g/mol. The molecule has 2 aromatic rings. The van der Waals surface area contributed by atoms with Gasteiger partial charge in [-0.3, -0.25) is 9.69 Å². The second-order valence-corrected chi connectivity index (χ2v) is 7.86. The SMILES string of the molecule is O=C(NC1CCN(Cc2ccccc2)CC1)C1(n2cnnn2)CCCCC1. The van der Waals surface area contributed by atoms with Gasteiger partial charge >= 0.3 is 0 Å². The molecule has 0 unspecified atom stereocenters. The number of hydrogen-bond donors (Lipinski definition) is 1. The van der Waals surface area contributed by atoms with Gasteiger partial charge in [-0.1, -0.05) is 49.6 Å². The molecule has 7 nitrogen and oxygen atoms in total. The van der Waals surface area contributed by atoms with Crippen LogP contribution in [0.4, 0.5) is 0 Å². The van der Waals surface area contributed by atoms with Crippen LogP contribution < -0.4 is 5.32 Å². The first-order chi connectivity index (χ1) is 13.3. The van der Waals surface area contributed by atoms with E-state index in [1.54, 1.807) is 11.0 Å². The van der Waals surface area contributed by atoms with Crippen LogP contribution >= 0.6 is 0 Å². The number of tetrazole rings is 1. The van der Waals surface area contributed by atoms with Crippen LogP contribution in [0.2, 0.25) is 0 Å². The van der Waals surface area contributed by atoms with Gasteiger partial charge in [0.15, 0.2) is 0 Å². The number of aromatic nitrogens is 4. The van der Waals surface area contributed by atoms with E-state index in [-0.39, 0.29) is 11.9 Å². The monoisotopic (exact) mass is 368 g/mol. The minimum atomic E-state index is -0.608. The van der Waals surface area contributed by atoms with Gasteiger partial charge in [-0.05, 0) is 41.7 Å². The first kappa shape index (κ1) is 18.1. The summed E-state index contributed by atoms with van der Waals surface area (Å²) in [4.78, 5) is 15.7. The van der Waals surface area contributed by atoms with Gasteiger partial charge in [-0.15, -0.1) is 5.10 Å². The number of hydrogen-bond acceptors (Lipinski definition) is 5. The molecule has 1 aromatic heterocycles. The molecule has 4 rings (SSSR count). The maximum Gasteiger partial charge on any atom is 0.248 e. The molecule has 1 N–H and O–H groups in total. The lowest BCUT2D eigenvalue weighted by molar-refractivity contribution is -0.133. The maximum atomic E-state index is 13.2. The number of rotatable bonds is 5. The van der Waals surface area contributed by atoms with Crippen molar-refractivity contribution in [3.8, 4) is 0 Å². The van der Waals surface area contributed by atoms with Gasteiger partial charge in [0.05, 0.1) is 0 Å². The van der Waals surface area contributed by atoms with E-state index in [4.69, 9.17) is 0 Å². The summed E-state index contributed by atoms with van der Waals surface area (Å²) in [5.41, 5.74) is 0.739. The van der Waals surface area contributed by atoms with Crippen LogP contribution in [0, 0.1) is 0 Å². The third-order valence-electron chi connectivity index (χ3n) is 6.06. The smallest absolute Gasteiger partial charge is 0.248 e. The summed E-state index contributed by atoms with van der Waals surface area (Å²) in [5.74, 6) is 0.0935. The number of piperidine rings is 1. The van der Waals surface area contributed by atoms with Crippen LogP contribution in [0.1, 0.15) is 50.5 Å². The summed E-state index contributed by atoms with van der Waals surface area (Å²) >= 11 is 0. The van der Waals surface area contributed by atoms with Crippen LogP contribution in [-0.4, -0.2) is 50.1 Å². The van der Waals surface area contributed by atoms with Crippen molar-refractivity contribution < 1.29 is 4.79 Å². The number of benzene rings is 1. The fourth-order valence-electron chi connectivity index (χ4n) is 4.45. The van der Waals surface area contributed by atoms with Gasteiger partial charge in [0.2, 0.25) is 5.91 Å². The van der Waals surface area contributed by atoms with E-state index >= 15 is 0 Å². The molecule has 1 aromatic carbocycles. The predicted molar refractivity (Wildman–Crippen MR) is 102 cm³/mol. The topological polar surface area (TPSA) is 75.9 Å². The maximum absolute atomic E-state index is 13.2. The van der Waals surface area contributed by atoms with Crippen LogP contribution in [0.25, 0.3) is 0 Å². The number of carbonyl (C=O) groups excluding carboxylic acids is 1. The Kier molecular flexibility index (Phi) is 5.48. The third kappa shape index (κ3) is 4.03. The molecule has 1 saturated heterocycles. The Hall–Kier alpha value is -2.28. The number of nitrogens with zero attached hydrogens (tertiary/aromatic N) is 5. The minimum absolute atomic E-state index is 0.0935. The lowest BCUT2D eigenvalue weighted by atomic mass is 9.80. The predicted octanol–water partition coefficient (Wildman–Crippen LogP) is 2.11. The highest BCUT2D eigenvalue weighted by Crippen LogP contribution is 2.34. The highest BCUT2D eigenvalue weighted by atomic mass is 16.2. The van der Waals surface area contributed by atoms with Crippen LogP contribution in [0.5, 0.6) is 0 Å². The van der Waals surface area contributed by atoms with E-state index in [0.717, 1.165) is 58.2 Å². The molecule has 2 heterocycles. The molecule has 2 aliphatic rings. The van der Waals surface area contributed by atoms with E-state index in [1.807, 2.05) is 0 Å². The standard InChI is InChI=1S/C20H28N6O/c27-19(20(11-5-2-6-12-20)26-16-21-23-24-26)22-18-9-13-25(14-10-18)15-17-7-3-1-4-8-17/h1,3-4,7-8,16,18H,2,5-6,9-15H2,(H,22,27). The zero-order valence-electron chi connectivity index (χ0n) is 15.8. The Morgan fingerprint density at radius 3 is 2.52 bits per heavy atom. The molecule has 0 radical (unpaired) electrons. The largest absolute Gasteiger partial charge is 0.351 e. The molecule has 7 heteroatoms. The highest BCUT2D eigenvalue weighted by Gasteiger charge is 2.43. The number of carbonyl (C=O) groups is 1. The normalized spacial score (nSPS) is 21.0. The van der Waals surface area contributed by atoms with E-state index in [9.17, 15) is 4.79 Å². The van der Waals surface area contributed by atoms with Crippen molar-refractivity contribution in [3.63, 3.8) is 0 Å². The zero-order valence-corrected chi connectivity index (χ0v) is 15.8. The van der Waals surface area contributed by atoms with E-state index in [0.29, 0.717) is 0 Å². The zero-order chi connectivity index (χ0) is 18.5. The van der Waals surface area contributed by atoms with Crippen molar-refractivity contribution in [1.82, 2.24) is 30.4 Å². The Bertz CT molecular complexity index is 718. The summed E-state index contributed by atoms with van der Waals surface area (Å²) in [6.45, 7) is 3.01. The lowest BCUT2D eigenvalue weighted by Gasteiger charge is -2.38. The Morgan fingerprint density at radius 2 is 1.85 bits per heavy atom. The highest BCUT2D eigenvalue weighted by molar-refractivity contribution is 5.84. The molecule has 0 bridgehead atoms. The van der Waals surface area contributed by atoms with Gasteiger partial charge in [-0.2, -0.15) is 0 Å². The quantitative estimate of drug-likeness (QED) is 0.875. The molecular formula is C20H28N6O. The van der Waals surface area contributed by atoms with Crippen molar-refractivity contribution >= 4 is 5.91 Å². The molecule has 1 aliphatic carbocycles. The minimum Gasteiger partial charge on any atom is -0.351 e. The first-order valence-corrected chi connectivity index (χ1v) is 10.1. The summed E-state index contributed by atoms with van der Waals surface area (Å²) in [6.07, 6.45) is 8.47. The fraction of sp³-hybridized carbons (Fsp3) is 0.600. The Balaban J connectivity index is 1.34. The molecule has 144 valence electrons. The van der Waals surface area contributed by atoms with Gasteiger partial charge < -0.3 is 5.32 Å². The van der Waals surface area contributed by atoms with E-state index in [2.05, 4.69) is 56.1 Å². The molecule has 1 saturated carbocycles. The number of amides is 1. The second-order valence-electron chi connectivity index (χ2n) is 7.86. The number of nitrogens with one attached hydrogen (secondary N) is 1. The van der Waals surface area contributed by atoms with Gasteiger partial charge in [0.1, 0.15) is 11.9 Å². The van der Waals surface area contributed by atoms with Crippen LogP contribution in [0.3, 0.4) is 0 Å². The van der Waals surface area contributed by atoms with Crippen molar-refractivity contribution in [2.24, 2.45) is 0 Å². The summed E-state index contributed by atoms with van der Waals surface area (Å²) in [7, 11) is 0. The molecule has 0 spiro atoms. The number of likely N-dealkylation sites (tertiary alicyclic amines) is 1. The van der Waals surface area contributed by atoms with Crippen molar-refractivity contribution in [2.75, 3.05) is 13.1 Å². The summed E-state index contributed by atoms with van der Waals surface area (Å²) in [5, 5.41) is 14.9. The van der Waals surface area contributed by atoms with Gasteiger partial charge in [-0.25, -0.2) is 4.68 Å². The van der Waals surface area contributed by atoms with Crippen LogP contribution in [-0.2, 0) is 16.9 Å². The van der Waals surface area contributed by atoms with Crippen molar-refractivity contribution in [1.29, 1.82) is 0 Å². The molecule has 27 heavy (non-hydrogen) atoms. The summed E-state index contributed by atoms with van der Waals surface area (Å²) in [6, 6.07) is 10.8. The van der Waals surface area contributed by atoms with Crippen molar-refractivity contribution in [3.05, 3.63) is 42.2 Å². The molecule has 0 atom stereocenters. The first-order valence-electron chi connectivity index (χ1n) is 10.1. The van der Waals surface area contributed by atoms with Gasteiger partial charge in [0, 0.05) is 25.7 Å². The third-order valence-corrected chi connectivity index (χ3v) is 6.06. The van der Waals surface area contributed by atoms with E-state index < -0.39 is 5.54 Å².